The Hall–Kier alpha value is -3.79. The normalized spacial score (nSPS) is 17.2. The van der Waals surface area contributed by atoms with E-state index in [1.165, 1.54) is 35.0 Å². The van der Waals surface area contributed by atoms with E-state index in [0.717, 1.165) is 20.8 Å². The molecule has 2 aromatic carbocycles. The van der Waals surface area contributed by atoms with Crippen LogP contribution in [-0.2, 0) is 39.3 Å². The molecule has 0 N–H and O–H groups in total. The Bertz CT molecular complexity index is 2150. The summed E-state index contributed by atoms with van der Waals surface area (Å²) in [6.45, 7) is 5.20. The van der Waals surface area contributed by atoms with E-state index in [2.05, 4.69) is 15.3 Å². The van der Waals surface area contributed by atoms with Crippen LogP contribution in [0.1, 0.15) is 60.4 Å². The van der Waals surface area contributed by atoms with E-state index in [1.54, 1.807) is 19.9 Å². The fourth-order valence-corrected chi connectivity index (χ4v) is 8.80. The third kappa shape index (κ3) is 6.24. The Balaban J connectivity index is 1.53. The summed E-state index contributed by atoms with van der Waals surface area (Å²) >= 11 is 7.56. The summed E-state index contributed by atoms with van der Waals surface area (Å²) in [5.41, 5.74) is 0.776. The number of carbonyl (C=O) groups excluding carboxylic acids is 1. The summed E-state index contributed by atoms with van der Waals surface area (Å²) in [6, 6.07) is 7.79. The zero-order valence-corrected chi connectivity index (χ0v) is 28.7. The minimum atomic E-state index is -4.74. The molecule has 1 unspecified atom stereocenters. The number of benzene rings is 2. The fourth-order valence-electron chi connectivity index (χ4n) is 6.15. The average Bonchev–Trinajstić information content (AvgIpc) is 3.64. The fraction of sp³-hybridized carbons (Fsp3) is 0.375. The number of esters is 1. The third-order valence-electron chi connectivity index (χ3n) is 8.47. The molecule has 254 valence electrons. The summed E-state index contributed by atoms with van der Waals surface area (Å²) in [5.74, 6) is -1.52. The summed E-state index contributed by atoms with van der Waals surface area (Å²) < 4.78 is 86.0. The first-order valence-corrected chi connectivity index (χ1v) is 17.8. The molecule has 1 aliphatic rings. The van der Waals surface area contributed by atoms with Gasteiger partial charge in [-0.25, -0.2) is 18.1 Å². The van der Waals surface area contributed by atoms with Gasteiger partial charge in [0.2, 0.25) is 15.9 Å². The summed E-state index contributed by atoms with van der Waals surface area (Å²) in [5, 5.41) is 10.6. The highest BCUT2D eigenvalue weighted by atomic mass is 35.5. The zero-order valence-electron chi connectivity index (χ0n) is 26.3. The van der Waals surface area contributed by atoms with Gasteiger partial charge in [0, 0.05) is 30.4 Å². The first-order chi connectivity index (χ1) is 22.7. The van der Waals surface area contributed by atoms with Gasteiger partial charge in [-0.2, -0.15) is 17.5 Å². The van der Waals surface area contributed by atoms with Crippen molar-refractivity contribution in [2.24, 2.45) is 7.05 Å². The average molecular weight is 722 g/mol. The second-order valence-electron chi connectivity index (χ2n) is 11.5. The first-order valence-electron chi connectivity index (χ1n) is 15.1. The number of ether oxygens (including phenoxy) is 2. The molecule has 0 aliphatic carbocycles. The predicted octanol–water partition coefficient (Wildman–Crippen LogP) is 7.01. The van der Waals surface area contributed by atoms with Crippen molar-refractivity contribution in [2.75, 3.05) is 13.2 Å². The molecule has 16 heteroatoms. The lowest BCUT2D eigenvalue weighted by atomic mass is 9.83. The number of aryl methyl sites for hydroxylation is 2. The molecule has 48 heavy (non-hydrogen) atoms. The standard InChI is InChI=1S/C32H31ClF3N5O5S2/c1-5-22-16-41(48(43,44)26-11-21(33)14-37-31(26)46-22)15-20-10-19(9-18-7-8-47-30(18)20)24(13-27(42)45-6-2)23-12-25(32(34,35)36)29-28(17(23)3)38-39-40(29)4/h7-12,14,22,24H,5-6,13,15-16H2,1-4H3/t22-,24?/m1/s1. The van der Waals surface area contributed by atoms with Gasteiger partial charge in [-0.05, 0) is 77.6 Å². The van der Waals surface area contributed by atoms with Gasteiger partial charge in [-0.1, -0.05) is 29.8 Å². The van der Waals surface area contributed by atoms with E-state index >= 15 is 0 Å². The number of halogens is 4. The molecule has 3 aromatic heterocycles. The lowest BCUT2D eigenvalue weighted by Gasteiger charge is -2.25. The molecule has 0 fully saturated rings. The number of rotatable bonds is 8. The Morgan fingerprint density at radius 2 is 2.00 bits per heavy atom. The molecular formula is C32H31ClF3N5O5S2. The molecule has 4 heterocycles. The van der Waals surface area contributed by atoms with Crippen LogP contribution in [0.15, 0.2) is 46.8 Å². The van der Waals surface area contributed by atoms with Crippen molar-refractivity contribution in [1.29, 1.82) is 0 Å². The van der Waals surface area contributed by atoms with E-state index in [4.69, 9.17) is 21.1 Å². The number of carbonyl (C=O) groups is 1. The van der Waals surface area contributed by atoms with Gasteiger partial charge < -0.3 is 9.47 Å². The number of pyridine rings is 1. The van der Waals surface area contributed by atoms with Gasteiger partial charge in [-0.3, -0.25) is 4.79 Å². The molecule has 0 saturated carbocycles. The van der Waals surface area contributed by atoms with Crippen LogP contribution in [0.5, 0.6) is 5.88 Å². The van der Waals surface area contributed by atoms with Crippen molar-refractivity contribution in [3.05, 3.63) is 74.7 Å². The Kier molecular flexibility index (Phi) is 9.17. The van der Waals surface area contributed by atoms with Gasteiger partial charge in [0.15, 0.2) is 0 Å². The van der Waals surface area contributed by atoms with Crippen molar-refractivity contribution in [3.8, 4) is 5.88 Å². The van der Waals surface area contributed by atoms with Crippen LogP contribution in [-0.4, -0.2) is 57.9 Å². The highest BCUT2D eigenvalue weighted by molar-refractivity contribution is 7.89. The van der Waals surface area contributed by atoms with Crippen molar-refractivity contribution < 1.29 is 35.9 Å². The van der Waals surface area contributed by atoms with Gasteiger partial charge in [0.05, 0.1) is 30.2 Å². The Morgan fingerprint density at radius 1 is 1.23 bits per heavy atom. The predicted molar refractivity (Wildman–Crippen MR) is 175 cm³/mol. The Morgan fingerprint density at radius 3 is 2.71 bits per heavy atom. The summed E-state index contributed by atoms with van der Waals surface area (Å²) in [7, 11) is -2.75. The van der Waals surface area contributed by atoms with Crippen molar-refractivity contribution in [3.63, 3.8) is 0 Å². The van der Waals surface area contributed by atoms with E-state index in [9.17, 15) is 26.4 Å². The minimum absolute atomic E-state index is 0.0214. The summed E-state index contributed by atoms with van der Waals surface area (Å²) in [6.07, 6.45) is -3.68. The number of alkyl halides is 3. The number of aromatic nitrogens is 4. The van der Waals surface area contributed by atoms with Gasteiger partial charge in [0.1, 0.15) is 22.0 Å². The molecule has 0 saturated heterocycles. The first kappa shape index (κ1) is 34.1. The van der Waals surface area contributed by atoms with Gasteiger partial charge in [-0.15, -0.1) is 16.4 Å². The molecule has 10 nitrogen and oxygen atoms in total. The number of nitrogens with zero attached hydrogens (tertiary/aromatic N) is 5. The molecule has 0 bridgehead atoms. The molecule has 6 rings (SSSR count). The minimum Gasteiger partial charge on any atom is -0.472 e. The Labute approximate surface area is 283 Å². The lowest BCUT2D eigenvalue weighted by molar-refractivity contribution is -0.143. The SMILES string of the molecule is CCOC(=O)CC(c1cc(CN2C[C@@H](CC)Oc3ncc(Cl)cc3S2(=O)=O)c2sccc2c1)c1cc(C(F)(F)F)c2c(nnn2C)c1C. The van der Waals surface area contributed by atoms with E-state index in [-0.39, 0.29) is 58.5 Å². The third-order valence-corrected chi connectivity index (χ3v) is 11.5. The topological polar surface area (TPSA) is 117 Å². The number of thiophene rings is 1. The second kappa shape index (κ2) is 12.9. The van der Waals surface area contributed by atoms with Crippen LogP contribution in [0.2, 0.25) is 5.02 Å². The van der Waals surface area contributed by atoms with E-state index < -0.39 is 39.8 Å². The van der Waals surface area contributed by atoms with Crippen LogP contribution in [0.4, 0.5) is 13.2 Å². The number of hydrogen-bond acceptors (Lipinski definition) is 9. The molecule has 0 amide bonds. The van der Waals surface area contributed by atoms with Crippen LogP contribution in [0, 0.1) is 6.92 Å². The monoisotopic (exact) mass is 721 g/mol. The zero-order chi connectivity index (χ0) is 34.5. The van der Waals surface area contributed by atoms with Crippen LogP contribution >= 0.6 is 22.9 Å². The molecule has 1 aliphatic heterocycles. The van der Waals surface area contributed by atoms with Crippen LogP contribution in [0.25, 0.3) is 21.1 Å². The molecule has 2 atom stereocenters. The molecule has 0 spiro atoms. The van der Waals surface area contributed by atoms with Crippen LogP contribution in [0.3, 0.4) is 0 Å². The maximum Gasteiger partial charge on any atom is 0.418 e. The van der Waals surface area contributed by atoms with Gasteiger partial charge in [0.25, 0.3) is 0 Å². The largest absolute Gasteiger partial charge is 0.472 e. The van der Waals surface area contributed by atoms with Crippen molar-refractivity contribution in [2.45, 2.75) is 63.3 Å². The smallest absolute Gasteiger partial charge is 0.418 e. The molecule has 5 aromatic rings. The van der Waals surface area contributed by atoms with Gasteiger partial charge >= 0.3 is 12.1 Å². The number of hydrogen-bond donors (Lipinski definition) is 0. The maximum atomic E-state index is 14.5. The quantitative estimate of drug-likeness (QED) is 0.157. The summed E-state index contributed by atoms with van der Waals surface area (Å²) in [4.78, 5) is 17.0. The number of fused-ring (bicyclic) bond motifs is 3. The van der Waals surface area contributed by atoms with Crippen LogP contribution < -0.4 is 4.74 Å². The molecular weight excluding hydrogens is 691 g/mol. The molecule has 0 radical (unpaired) electrons. The maximum absolute atomic E-state index is 14.5. The number of sulfonamides is 1. The highest BCUT2D eigenvalue weighted by Gasteiger charge is 2.38. The lowest BCUT2D eigenvalue weighted by Crippen LogP contribution is -2.36. The highest BCUT2D eigenvalue weighted by Crippen LogP contribution is 2.43. The van der Waals surface area contributed by atoms with Crippen molar-refractivity contribution in [1.82, 2.24) is 24.3 Å². The van der Waals surface area contributed by atoms with E-state index in [0.29, 0.717) is 23.1 Å². The second-order valence-corrected chi connectivity index (χ2v) is 14.8. The van der Waals surface area contributed by atoms with E-state index in [1.807, 2.05) is 24.4 Å². The van der Waals surface area contributed by atoms with Crippen molar-refractivity contribution >= 4 is 60.0 Å².